The summed E-state index contributed by atoms with van der Waals surface area (Å²) < 4.78 is 24.1. The van der Waals surface area contributed by atoms with Gasteiger partial charge in [0.1, 0.15) is 11.5 Å². The molecule has 0 aliphatic carbocycles. The van der Waals surface area contributed by atoms with Crippen molar-refractivity contribution in [3.05, 3.63) is 60.3 Å². The lowest BCUT2D eigenvalue weighted by molar-refractivity contribution is 0.411. The maximum Gasteiger partial charge on any atom is 0.165 e. The Labute approximate surface area is 110 Å². The van der Waals surface area contributed by atoms with E-state index in [1.54, 1.807) is 31.4 Å². The molecular formula is C15H11FNO2. The van der Waals surface area contributed by atoms with Gasteiger partial charge in [0.2, 0.25) is 0 Å². The van der Waals surface area contributed by atoms with Gasteiger partial charge in [0.15, 0.2) is 11.6 Å². The number of halogens is 1. The van der Waals surface area contributed by atoms with Gasteiger partial charge in [-0.15, -0.1) is 0 Å². The number of methoxy groups -OCH3 is 1. The lowest BCUT2D eigenvalue weighted by atomic mass is 10.1. The third-order valence-corrected chi connectivity index (χ3v) is 2.47. The van der Waals surface area contributed by atoms with Gasteiger partial charge >= 0.3 is 0 Å². The van der Waals surface area contributed by atoms with Gasteiger partial charge in [0.05, 0.1) is 19.6 Å². The van der Waals surface area contributed by atoms with E-state index >= 15 is 0 Å². The summed E-state index contributed by atoms with van der Waals surface area (Å²) in [7, 11) is 1.57. The molecule has 2 aromatic carbocycles. The first kappa shape index (κ1) is 12.9. The summed E-state index contributed by atoms with van der Waals surface area (Å²) in [5, 5.41) is 8.57. The molecule has 2 rings (SSSR count). The molecule has 1 radical (unpaired) electrons. The molecule has 0 amide bonds. The molecule has 0 aliphatic rings. The van der Waals surface area contributed by atoms with Crippen molar-refractivity contribution in [2.24, 2.45) is 0 Å². The summed E-state index contributed by atoms with van der Waals surface area (Å²) >= 11 is 0. The minimum Gasteiger partial charge on any atom is -0.497 e. The maximum atomic E-state index is 13.6. The second-order valence-corrected chi connectivity index (χ2v) is 3.74. The van der Waals surface area contributed by atoms with E-state index in [1.807, 2.05) is 6.07 Å². The Morgan fingerprint density at radius 2 is 1.79 bits per heavy atom. The largest absolute Gasteiger partial charge is 0.497 e. The Kier molecular flexibility index (Phi) is 3.99. The van der Waals surface area contributed by atoms with Crippen LogP contribution in [0.3, 0.4) is 0 Å². The SMILES string of the molecule is COc1ccc(Oc2cc([CH]C#N)ccc2F)cc1. The van der Waals surface area contributed by atoms with Crippen LogP contribution in [-0.2, 0) is 0 Å². The Bertz CT molecular complexity index is 603. The monoisotopic (exact) mass is 256 g/mol. The van der Waals surface area contributed by atoms with Crippen LogP contribution < -0.4 is 9.47 Å². The van der Waals surface area contributed by atoms with E-state index in [4.69, 9.17) is 14.7 Å². The quantitative estimate of drug-likeness (QED) is 0.837. The van der Waals surface area contributed by atoms with Gasteiger partial charge in [-0.25, -0.2) is 4.39 Å². The molecule has 0 aliphatic heterocycles. The molecule has 2 aromatic rings. The van der Waals surface area contributed by atoms with Crippen molar-refractivity contribution in [1.29, 1.82) is 5.26 Å². The molecule has 0 heterocycles. The number of benzene rings is 2. The number of nitriles is 1. The smallest absolute Gasteiger partial charge is 0.165 e. The minimum absolute atomic E-state index is 0.0779. The Balaban J connectivity index is 2.21. The summed E-state index contributed by atoms with van der Waals surface area (Å²) in [6.07, 6.45) is 1.32. The van der Waals surface area contributed by atoms with E-state index in [1.165, 1.54) is 24.6 Å². The van der Waals surface area contributed by atoms with Gasteiger partial charge in [0, 0.05) is 0 Å². The normalized spacial score (nSPS) is 9.74. The molecule has 0 spiro atoms. The minimum atomic E-state index is -0.481. The summed E-state index contributed by atoms with van der Waals surface area (Å²) in [6, 6.07) is 12.9. The molecular weight excluding hydrogens is 245 g/mol. The van der Waals surface area contributed by atoms with Gasteiger partial charge in [0.25, 0.3) is 0 Å². The van der Waals surface area contributed by atoms with E-state index in [0.717, 1.165) is 0 Å². The van der Waals surface area contributed by atoms with Gasteiger partial charge in [-0.2, -0.15) is 5.26 Å². The van der Waals surface area contributed by atoms with Crippen LogP contribution in [-0.4, -0.2) is 7.11 Å². The first-order chi connectivity index (χ1) is 9.22. The van der Waals surface area contributed by atoms with Crippen LogP contribution >= 0.6 is 0 Å². The van der Waals surface area contributed by atoms with Crippen molar-refractivity contribution in [2.45, 2.75) is 0 Å². The fourth-order valence-electron chi connectivity index (χ4n) is 1.53. The third kappa shape index (κ3) is 3.23. The highest BCUT2D eigenvalue weighted by Gasteiger charge is 2.06. The molecule has 0 saturated carbocycles. The molecule has 19 heavy (non-hydrogen) atoms. The van der Waals surface area contributed by atoms with Crippen LogP contribution in [0.2, 0.25) is 0 Å². The fraction of sp³-hybridized carbons (Fsp3) is 0.0667. The van der Waals surface area contributed by atoms with Crippen molar-refractivity contribution >= 4 is 0 Å². The number of nitrogens with zero attached hydrogens (tertiary/aromatic N) is 1. The first-order valence-electron chi connectivity index (χ1n) is 5.57. The van der Waals surface area contributed by atoms with Crippen molar-refractivity contribution in [1.82, 2.24) is 0 Å². The maximum absolute atomic E-state index is 13.6. The molecule has 0 N–H and O–H groups in total. The average molecular weight is 256 g/mol. The second-order valence-electron chi connectivity index (χ2n) is 3.74. The summed E-state index contributed by atoms with van der Waals surface area (Å²) in [5.41, 5.74) is 0.590. The van der Waals surface area contributed by atoms with Gasteiger partial charge in [-0.3, -0.25) is 0 Å². The summed E-state index contributed by atoms with van der Waals surface area (Å²) in [4.78, 5) is 0. The summed E-state index contributed by atoms with van der Waals surface area (Å²) in [6.45, 7) is 0. The molecule has 0 unspecified atom stereocenters. The number of hydrogen-bond donors (Lipinski definition) is 0. The van der Waals surface area contributed by atoms with Crippen LogP contribution in [0.15, 0.2) is 42.5 Å². The molecule has 0 atom stereocenters. The highest BCUT2D eigenvalue weighted by Crippen LogP contribution is 2.27. The molecule has 95 valence electrons. The lowest BCUT2D eigenvalue weighted by Gasteiger charge is -2.08. The topological polar surface area (TPSA) is 42.2 Å². The van der Waals surface area contributed by atoms with Crippen LogP contribution in [0, 0.1) is 23.6 Å². The van der Waals surface area contributed by atoms with Gasteiger partial charge < -0.3 is 9.47 Å². The van der Waals surface area contributed by atoms with Crippen molar-refractivity contribution in [3.8, 4) is 23.3 Å². The van der Waals surface area contributed by atoms with Crippen molar-refractivity contribution in [3.63, 3.8) is 0 Å². The van der Waals surface area contributed by atoms with Crippen LogP contribution in [0.25, 0.3) is 0 Å². The Hall–Kier alpha value is -2.54. The van der Waals surface area contributed by atoms with Crippen molar-refractivity contribution in [2.75, 3.05) is 7.11 Å². The highest BCUT2D eigenvalue weighted by atomic mass is 19.1. The average Bonchev–Trinajstić information content (AvgIpc) is 2.44. The zero-order valence-electron chi connectivity index (χ0n) is 10.3. The predicted octanol–water partition coefficient (Wildman–Crippen LogP) is 3.70. The zero-order valence-corrected chi connectivity index (χ0v) is 10.3. The molecule has 0 fully saturated rings. The number of rotatable bonds is 4. The number of ether oxygens (including phenoxy) is 2. The van der Waals surface area contributed by atoms with E-state index < -0.39 is 5.82 Å². The Morgan fingerprint density at radius 1 is 1.11 bits per heavy atom. The zero-order chi connectivity index (χ0) is 13.7. The summed E-state index contributed by atoms with van der Waals surface area (Å²) in [5.74, 6) is 0.785. The lowest BCUT2D eigenvalue weighted by Crippen LogP contribution is -1.90. The Morgan fingerprint density at radius 3 is 2.42 bits per heavy atom. The van der Waals surface area contributed by atoms with E-state index in [0.29, 0.717) is 17.1 Å². The molecule has 0 aromatic heterocycles. The van der Waals surface area contributed by atoms with Crippen LogP contribution in [0.4, 0.5) is 4.39 Å². The molecule has 0 bridgehead atoms. The fourth-order valence-corrected chi connectivity index (χ4v) is 1.53. The molecule has 0 saturated heterocycles. The molecule has 4 heteroatoms. The van der Waals surface area contributed by atoms with Gasteiger partial charge in [-0.05, 0) is 42.0 Å². The second kappa shape index (κ2) is 5.87. The highest BCUT2D eigenvalue weighted by molar-refractivity contribution is 5.40. The standard InChI is InChI=1S/C15H11FNO2/c1-18-12-3-5-13(6-4-12)19-15-10-11(8-9-17)2-7-14(15)16/h2-8,10H,1H3. The predicted molar refractivity (Wildman–Crippen MR) is 68.5 cm³/mol. The third-order valence-electron chi connectivity index (χ3n) is 2.47. The van der Waals surface area contributed by atoms with E-state index in [-0.39, 0.29) is 5.75 Å². The molecule has 3 nitrogen and oxygen atoms in total. The van der Waals surface area contributed by atoms with Crippen LogP contribution in [0.5, 0.6) is 17.2 Å². The van der Waals surface area contributed by atoms with Crippen LogP contribution in [0.1, 0.15) is 5.56 Å². The first-order valence-corrected chi connectivity index (χ1v) is 5.57. The van der Waals surface area contributed by atoms with E-state index in [9.17, 15) is 4.39 Å². The number of hydrogen-bond acceptors (Lipinski definition) is 3. The van der Waals surface area contributed by atoms with Crippen molar-refractivity contribution < 1.29 is 13.9 Å². The van der Waals surface area contributed by atoms with Gasteiger partial charge in [-0.1, -0.05) is 6.07 Å². The van der Waals surface area contributed by atoms with E-state index in [2.05, 4.69) is 0 Å².